The van der Waals surface area contributed by atoms with Gasteiger partial charge in [0.15, 0.2) is 5.03 Å². The minimum absolute atomic E-state index is 0.101. The summed E-state index contributed by atoms with van der Waals surface area (Å²) in [7, 11) is -0.170. The molecule has 1 aliphatic rings. The van der Waals surface area contributed by atoms with Crippen molar-refractivity contribution in [2.45, 2.75) is 49.1 Å². The topological polar surface area (TPSA) is 55.2 Å². The summed E-state index contributed by atoms with van der Waals surface area (Å²) in [5.74, 6) is 0.679. The van der Waals surface area contributed by atoms with Crippen molar-refractivity contribution in [1.82, 2.24) is 13.9 Å². The molecule has 108 valence electrons. The lowest BCUT2D eigenvalue weighted by atomic mass is 9.95. The number of rotatable bonds is 3. The van der Waals surface area contributed by atoms with E-state index in [4.69, 9.17) is 11.6 Å². The molecule has 1 aromatic heterocycles. The Morgan fingerprint density at radius 3 is 2.58 bits per heavy atom. The van der Waals surface area contributed by atoms with Gasteiger partial charge >= 0.3 is 0 Å². The molecular weight excluding hydrogens is 286 g/mol. The maximum absolute atomic E-state index is 12.5. The highest BCUT2D eigenvalue weighted by Crippen LogP contribution is 2.29. The van der Waals surface area contributed by atoms with Crippen LogP contribution in [0.5, 0.6) is 0 Å². The number of sulfonamides is 1. The second-order valence-corrected chi connectivity index (χ2v) is 7.63. The van der Waals surface area contributed by atoms with E-state index in [1.807, 2.05) is 0 Å². The number of halogens is 1. The Morgan fingerprint density at radius 2 is 2.05 bits per heavy atom. The van der Waals surface area contributed by atoms with Crippen LogP contribution in [-0.4, -0.2) is 40.7 Å². The highest BCUT2D eigenvalue weighted by molar-refractivity contribution is 7.89. The molecule has 2 unspecified atom stereocenters. The van der Waals surface area contributed by atoms with Gasteiger partial charge in [0.2, 0.25) is 0 Å². The first-order chi connectivity index (χ1) is 8.84. The third-order valence-electron chi connectivity index (χ3n) is 3.84. The van der Waals surface area contributed by atoms with Gasteiger partial charge in [-0.1, -0.05) is 12.8 Å². The maximum atomic E-state index is 12.5. The third kappa shape index (κ3) is 2.80. The van der Waals surface area contributed by atoms with E-state index in [1.165, 1.54) is 4.31 Å². The quantitative estimate of drug-likeness (QED) is 0.802. The van der Waals surface area contributed by atoms with E-state index in [0.29, 0.717) is 5.82 Å². The van der Waals surface area contributed by atoms with Crippen LogP contribution in [-0.2, 0) is 17.1 Å². The Labute approximate surface area is 119 Å². The molecule has 0 amide bonds. The summed E-state index contributed by atoms with van der Waals surface area (Å²) >= 11 is 6.28. The van der Waals surface area contributed by atoms with Gasteiger partial charge in [-0.15, -0.1) is 11.6 Å². The zero-order chi connectivity index (χ0) is 14.2. The van der Waals surface area contributed by atoms with Crippen molar-refractivity contribution in [3.05, 3.63) is 12.0 Å². The van der Waals surface area contributed by atoms with Gasteiger partial charge in [-0.3, -0.25) is 0 Å². The zero-order valence-corrected chi connectivity index (χ0v) is 13.1. The predicted octanol–water partition coefficient (Wildman–Crippen LogP) is 1.90. The van der Waals surface area contributed by atoms with Gasteiger partial charge in [-0.2, -0.15) is 4.31 Å². The molecule has 5 nitrogen and oxygen atoms in total. The van der Waals surface area contributed by atoms with Crippen LogP contribution in [0.2, 0.25) is 0 Å². The Kier molecular flexibility index (Phi) is 4.23. The second kappa shape index (κ2) is 5.42. The minimum atomic E-state index is -3.56. The molecule has 2 rings (SSSR count). The Bertz CT molecular complexity index is 536. The summed E-state index contributed by atoms with van der Waals surface area (Å²) < 4.78 is 28.2. The normalized spacial score (nSPS) is 24.9. The standard InChI is InChI=1S/C12H20ClN3O2S/c1-9-14-12(8-15(9)2)19(17,18)16(3)11-7-5-4-6-10(11)13/h8,10-11H,4-7H2,1-3H3. The van der Waals surface area contributed by atoms with Crippen molar-refractivity contribution in [2.24, 2.45) is 7.05 Å². The summed E-state index contributed by atoms with van der Waals surface area (Å²) in [5, 5.41) is -0.0113. The van der Waals surface area contributed by atoms with E-state index >= 15 is 0 Å². The predicted molar refractivity (Wildman–Crippen MR) is 74.8 cm³/mol. The minimum Gasteiger partial charge on any atom is -0.337 e. The van der Waals surface area contributed by atoms with Gasteiger partial charge in [-0.25, -0.2) is 13.4 Å². The molecule has 0 N–H and O–H groups in total. The van der Waals surface area contributed by atoms with Gasteiger partial charge in [0, 0.05) is 26.3 Å². The second-order valence-electron chi connectivity index (χ2n) is 5.13. The first kappa shape index (κ1) is 14.8. The van der Waals surface area contributed by atoms with Gasteiger partial charge in [0.25, 0.3) is 10.0 Å². The first-order valence-corrected chi connectivity index (χ1v) is 8.33. The molecule has 0 aromatic carbocycles. The van der Waals surface area contributed by atoms with E-state index in [2.05, 4.69) is 4.98 Å². The number of alkyl halides is 1. The number of aryl methyl sites for hydroxylation is 2. The average Bonchev–Trinajstić information content (AvgIpc) is 2.70. The average molecular weight is 306 g/mol. The molecular formula is C12H20ClN3O2S. The van der Waals surface area contributed by atoms with E-state index in [-0.39, 0.29) is 16.4 Å². The largest absolute Gasteiger partial charge is 0.337 e. The molecule has 1 saturated carbocycles. The fourth-order valence-electron chi connectivity index (χ4n) is 2.45. The summed E-state index contributed by atoms with van der Waals surface area (Å²) in [6, 6.07) is -0.136. The number of hydrogen-bond donors (Lipinski definition) is 0. The van der Waals surface area contributed by atoms with Gasteiger partial charge < -0.3 is 4.57 Å². The van der Waals surface area contributed by atoms with Crippen LogP contribution < -0.4 is 0 Å². The van der Waals surface area contributed by atoms with Gasteiger partial charge in [0.05, 0.1) is 5.38 Å². The smallest absolute Gasteiger partial charge is 0.262 e. The Morgan fingerprint density at radius 1 is 1.42 bits per heavy atom. The number of nitrogens with zero attached hydrogens (tertiary/aromatic N) is 3. The van der Waals surface area contributed by atoms with Crippen molar-refractivity contribution in [1.29, 1.82) is 0 Å². The Hall–Kier alpha value is -0.590. The lowest BCUT2D eigenvalue weighted by molar-refractivity contribution is 0.290. The molecule has 0 saturated heterocycles. The van der Waals surface area contributed by atoms with Crippen molar-refractivity contribution < 1.29 is 8.42 Å². The molecule has 1 fully saturated rings. The molecule has 1 aromatic rings. The summed E-state index contributed by atoms with van der Waals surface area (Å²) in [6.45, 7) is 1.78. The SMILES string of the molecule is Cc1nc(S(=O)(=O)N(C)C2CCCCC2Cl)cn1C. The lowest BCUT2D eigenvalue weighted by Crippen LogP contribution is -2.44. The van der Waals surface area contributed by atoms with Crippen molar-refractivity contribution in [2.75, 3.05) is 7.05 Å². The van der Waals surface area contributed by atoms with E-state index in [9.17, 15) is 8.42 Å². The van der Waals surface area contributed by atoms with Gasteiger partial charge in [-0.05, 0) is 19.8 Å². The summed E-state index contributed by atoms with van der Waals surface area (Å²) in [6.07, 6.45) is 5.33. The molecule has 7 heteroatoms. The molecule has 1 heterocycles. The third-order valence-corrected chi connectivity index (χ3v) is 6.11. The molecule has 1 aliphatic carbocycles. The van der Waals surface area contributed by atoms with Crippen LogP contribution in [0.1, 0.15) is 31.5 Å². The monoisotopic (exact) mass is 305 g/mol. The molecule has 19 heavy (non-hydrogen) atoms. The molecule has 0 spiro atoms. The van der Waals surface area contributed by atoms with E-state index < -0.39 is 10.0 Å². The van der Waals surface area contributed by atoms with Crippen molar-refractivity contribution in [3.8, 4) is 0 Å². The lowest BCUT2D eigenvalue weighted by Gasteiger charge is -2.33. The first-order valence-electron chi connectivity index (χ1n) is 6.46. The molecule has 2 atom stereocenters. The zero-order valence-electron chi connectivity index (χ0n) is 11.5. The highest BCUT2D eigenvalue weighted by Gasteiger charge is 2.35. The summed E-state index contributed by atoms with van der Waals surface area (Å²) in [4.78, 5) is 4.11. The van der Waals surface area contributed by atoms with Gasteiger partial charge in [0.1, 0.15) is 5.82 Å². The number of imidazole rings is 1. The van der Waals surface area contributed by atoms with Crippen LogP contribution in [0.4, 0.5) is 0 Å². The number of aromatic nitrogens is 2. The molecule has 0 radical (unpaired) electrons. The fourth-order valence-corrected chi connectivity index (χ4v) is 4.41. The van der Waals surface area contributed by atoms with Crippen LogP contribution in [0.15, 0.2) is 11.2 Å². The van der Waals surface area contributed by atoms with Crippen molar-refractivity contribution in [3.63, 3.8) is 0 Å². The van der Waals surface area contributed by atoms with E-state index in [0.717, 1.165) is 25.7 Å². The van der Waals surface area contributed by atoms with Crippen LogP contribution in [0.3, 0.4) is 0 Å². The van der Waals surface area contributed by atoms with Crippen LogP contribution in [0.25, 0.3) is 0 Å². The van der Waals surface area contributed by atoms with Crippen LogP contribution in [0, 0.1) is 6.92 Å². The van der Waals surface area contributed by atoms with E-state index in [1.54, 1.807) is 31.8 Å². The van der Waals surface area contributed by atoms with Crippen molar-refractivity contribution >= 4 is 21.6 Å². The maximum Gasteiger partial charge on any atom is 0.262 e. The number of hydrogen-bond acceptors (Lipinski definition) is 3. The summed E-state index contributed by atoms with van der Waals surface area (Å²) in [5.41, 5.74) is 0. The molecule has 0 bridgehead atoms. The fraction of sp³-hybridized carbons (Fsp3) is 0.750. The molecule has 0 aliphatic heterocycles. The van der Waals surface area contributed by atoms with Crippen LogP contribution >= 0.6 is 11.6 Å². The Balaban J connectivity index is 2.28. The highest BCUT2D eigenvalue weighted by atomic mass is 35.5.